The number of morpholine rings is 1. The van der Waals surface area contributed by atoms with E-state index in [2.05, 4.69) is 4.90 Å². The number of hydrogen-bond acceptors (Lipinski definition) is 4. The van der Waals surface area contributed by atoms with Crippen LogP contribution in [0.15, 0.2) is 18.2 Å². The van der Waals surface area contributed by atoms with Gasteiger partial charge >= 0.3 is 5.97 Å². The first-order valence-electron chi connectivity index (χ1n) is 7.51. The second-order valence-electron chi connectivity index (χ2n) is 5.47. The first-order valence-corrected chi connectivity index (χ1v) is 7.51. The van der Waals surface area contributed by atoms with Crippen molar-refractivity contribution in [3.63, 3.8) is 0 Å². The zero-order chi connectivity index (χ0) is 15.9. The molecule has 0 saturated carbocycles. The molecule has 0 aromatic heterocycles. The van der Waals surface area contributed by atoms with Crippen LogP contribution in [-0.4, -0.2) is 55.4 Å². The van der Waals surface area contributed by atoms with E-state index in [0.717, 1.165) is 61.4 Å². The van der Waals surface area contributed by atoms with Gasteiger partial charge in [-0.1, -0.05) is 11.6 Å². The van der Waals surface area contributed by atoms with Crippen LogP contribution in [0.1, 0.15) is 16.7 Å². The van der Waals surface area contributed by atoms with Crippen LogP contribution in [0.3, 0.4) is 0 Å². The maximum absolute atomic E-state index is 10.7. The summed E-state index contributed by atoms with van der Waals surface area (Å²) in [6.07, 6.45) is 2.73. The molecule has 1 aliphatic heterocycles. The molecule has 120 valence electrons. The second-order valence-corrected chi connectivity index (χ2v) is 5.47. The third-order valence-electron chi connectivity index (χ3n) is 3.61. The van der Waals surface area contributed by atoms with Gasteiger partial charge in [0.1, 0.15) is 12.4 Å². The number of aryl methyl sites for hydroxylation is 2. The van der Waals surface area contributed by atoms with Gasteiger partial charge in [-0.3, -0.25) is 4.90 Å². The summed E-state index contributed by atoms with van der Waals surface area (Å²) in [5, 5.41) is 8.80. The topological polar surface area (TPSA) is 59.0 Å². The predicted octanol–water partition coefficient (Wildman–Crippen LogP) is 2.11. The van der Waals surface area contributed by atoms with Gasteiger partial charge in [-0.25, -0.2) is 4.79 Å². The van der Waals surface area contributed by atoms with Gasteiger partial charge < -0.3 is 14.6 Å². The molecule has 1 heterocycles. The van der Waals surface area contributed by atoms with Crippen LogP contribution < -0.4 is 4.74 Å². The van der Waals surface area contributed by atoms with Crippen LogP contribution in [0.2, 0.25) is 0 Å². The van der Waals surface area contributed by atoms with Crippen molar-refractivity contribution in [1.82, 2.24) is 4.90 Å². The van der Waals surface area contributed by atoms with Crippen LogP contribution in [0.5, 0.6) is 5.75 Å². The summed E-state index contributed by atoms with van der Waals surface area (Å²) in [5.41, 5.74) is 2.91. The van der Waals surface area contributed by atoms with Crippen molar-refractivity contribution in [2.45, 2.75) is 13.8 Å². The Kier molecular flexibility index (Phi) is 5.98. The quantitative estimate of drug-likeness (QED) is 0.816. The van der Waals surface area contributed by atoms with Crippen molar-refractivity contribution in [2.75, 3.05) is 39.5 Å². The molecule has 1 fully saturated rings. The fraction of sp³-hybridized carbons (Fsp3) is 0.471. The van der Waals surface area contributed by atoms with Gasteiger partial charge in [0.15, 0.2) is 0 Å². The molecular weight excluding hydrogens is 282 g/mol. The molecule has 5 nitrogen and oxygen atoms in total. The molecule has 0 spiro atoms. The summed E-state index contributed by atoms with van der Waals surface area (Å²) in [6.45, 7) is 8.81. The Morgan fingerprint density at radius 1 is 1.36 bits per heavy atom. The van der Waals surface area contributed by atoms with Gasteiger partial charge in [-0.05, 0) is 31.6 Å². The number of carboxylic acid groups (broad SMARTS) is 1. The molecule has 0 bridgehead atoms. The monoisotopic (exact) mass is 305 g/mol. The average molecular weight is 305 g/mol. The van der Waals surface area contributed by atoms with Crippen LogP contribution in [-0.2, 0) is 9.53 Å². The molecule has 5 heteroatoms. The van der Waals surface area contributed by atoms with Gasteiger partial charge in [0.25, 0.3) is 0 Å². The van der Waals surface area contributed by atoms with Crippen molar-refractivity contribution >= 4 is 12.0 Å². The van der Waals surface area contributed by atoms with Crippen molar-refractivity contribution in [3.8, 4) is 5.75 Å². The number of carbonyl (C=O) groups is 1. The van der Waals surface area contributed by atoms with Crippen LogP contribution >= 0.6 is 0 Å². The van der Waals surface area contributed by atoms with Crippen LogP contribution in [0.25, 0.3) is 6.08 Å². The number of nitrogens with zero attached hydrogens (tertiary/aromatic N) is 1. The summed E-state index contributed by atoms with van der Waals surface area (Å²) < 4.78 is 11.3. The molecule has 1 aromatic rings. The maximum atomic E-state index is 10.7. The number of benzene rings is 1. The highest BCUT2D eigenvalue weighted by molar-refractivity contribution is 5.86. The minimum absolute atomic E-state index is 0.581. The molecule has 0 atom stereocenters. The average Bonchev–Trinajstić information content (AvgIpc) is 2.48. The van der Waals surface area contributed by atoms with Gasteiger partial charge in [0.2, 0.25) is 0 Å². The normalized spacial score (nSPS) is 16.1. The fourth-order valence-corrected chi connectivity index (χ4v) is 2.57. The standard InChI is InChI=1S/C17H23NO4/c1-13-11-14(2)17(15(12-13)3-4-16(19)20)22-10-7-18-5-8-21-9-6-18/h3-4,11-12H,5-10H2,1-2H3,(H,19,20)/b4-3+. The summed E-state index contributed by atoms with van der Waals surface area (Å²) >= 11 is 0. The molecule has 2 rings (SSSR count). The minimum Gasteiger partial charge on any atom is -0.491 e. The Balaban J connectivity index is 2.03. The molecule has 0 amide bonds. The number of aliphatic carboxylic acids is 1. The molecule has 1 aromatic carbocycles. The second kappa shape index (κ2) is 7.96. The molecule has 22 heavy (non-hydrogen) atoms. The molecule has 1 N–H and O–H groups in total. The predicted molar refractivity (Wildman–Crippen MR) is 85.3 cm³/mol. The Labute approximate surface area is 131 Å². The number of carboxylic acids is 1. The highest BCUT2D eigenvalue weighted by Gasteiger charge is 2.11. The Morgan fingerprint density at radius 2 is 2.09 bits per heavy atom. The van der Waals surface area contributed by atoms with Crippen LogP contribution in [0, 0.1) is 13.8 Å². The van der Waals surface area contributed by atoms with Crippen molar-refractivity contribution in [2.24, 2.45) is 0 Å². The highest BCUT2D eigenvalue weighted by atomic mass is 16.5. The lowest BCUT2D eigenvalue weighted by molar-refractivity contribution is -0.131. The minimum atomic E-state index is -0.960. The first-order chi connectivity index (χ1) is 10.6. The van der Waals surface area contributed by atoms with Crippen molar-refractivity contribution in [1.29, 1.82) is 0 Å². The largest absolute Gasteiger partial charge is 0.491 e. The molecule has 0 radical (unpaired) electrons. The summed E-state index contributed by atoms with van der Waals surface area (Å²) in [6, 6.07) is 3.98. The van der Waals surface area contributed by atoms with E-state index < -0.39 is 5.97 Å². The van der Waals surface area contributed by atoms with Crippen molar-refractivity contribution < 1.29 is 19.4 Å². The number of rotatable bonds is 6. The van der Waals surface area contributed by atoms with E-state index in [-0.39, 0.29) is 0 Å². The van der Waals surface area contributed by atoms with Gasteiger partial charge in [0, 0.05) is 31.3 Å². The van der Waals surface area contributed by atoms with E-state index in [1.165, 1.54) is 0 Å². The zero-order valence-corrected chi connectivity index (χ0v) is 13.2. The Hall–Kier alpha value is -1.85. The molecular formula is C17H23NO4. The maximum Gasteiger partial charge on any atom is 0.328 e. The molecule has 1 aliphatic rings. The molecule has 0 unspecified atom stereocenters. The summed E-state index contributed by atoms with van der Waals surface area (Å²) in [4.78, 5) is 13.0. The fourth-order valence-electron chi connectivity index (χ4n) is 2.57. The van der Waals surface area contributed by atoms with E-state index in [4.69, 9.17) is 14.6 Å². The van der Waals surface area contributed by atoms with Gasteiger partial charge in [-0.2, -0.15) is 0 Å². The van der Waals surface area contributed by atoms with E-state index in [0.29, 0.717) is 6.61 Å². The van der Waals surface area contributed by atoms with Gasteiger partial charge in [0.05, 0.1) is 13.2 Å². The Bertz CT molecular complexity index is 548. The van der Waals surface area contributed by atoms with E-state index >= 15 is 0 Å². The van der Waals surface area contributed by atoms with E-state index in [1.807, 2.05) is 26.0 Å². The lowest BCUT2D eigenvalue weighted by Gasteiger charge is -2.26. The third-order valence-corrected chi connectivity index (χ3v) is 3.61. The van der Waals surface area contributed by atoms with Crippen LogP contribution in [0.4, 0.5) is 0 Å². The lowest BCUT2D eigenvalue weighted by atomic mass is 10.1. The molecule has 0 aliphatic carbocycles. The first kappa shape index (κ1) is 16.5. The van der Waals surface area contributed by atoms with E-state index in [9.17, 15) is 4.79 Å². The SMILES string of the molecule is Cc1cc(C)c(OCCN2CCOCC2)c(/C=C/C(=O)O)c1. The van der Waals surface area contributed by atoms with E-state index in [1.54, 1.807) is 6.08 Å². The lowest BCUT2D eigenvalue weighted by Crippen LogP contribution is -2.38. The highest BCUT2D eigenvalue weighted by Crippen LogP contribution is 2.26. The van der Waals surface area contributed by atoms with Gasteiger partial charge in [-0.15, -0.1) is 0 Å². The number of ether oxygens (including phenoxy) is 2. The smallest absolute Gasteiger partial charge is 0.328 e. The zero-order valence-electron chi connectivity index (χ0n) is 13.2. The Morgan fingerprint density at radius 3 is 2.77 bits per heavy atom. The summed E-state index contributed by atoms with van der Waals surface area (Å²) in [7, 11) is 0. The number of hydrogen-bond donors (Lipinski definition) is 1. The summed E-state index contributed by atoms with van der Waals surface area (Å²) in [5.74, 6) is -0.199. The van der Waals surface area contributed by atoms with Crippen molar-refractivity contribution in [3.05, 3.63) is 34.9 Å². The molecule has 1 saturated heterocycles. The third kappa shape index (κ3) is 4.86.